The van der Waals surface area contributed by atoms with Crippen LogP contribution in [0.3, 0.4) is 0 Å². The molecule has 108 valence electrons. The zero-order valence-corrected chi connectivity index (χ0v) is 12.9. The van der Waals surface area contributed by atoms with Gasteiger partial charge in [0.25, 0.3) is 0 Å². The van der Waals surface area contributed by atoms with Gasteiger partial charge in [-0.1, -0.05) is 39.0 Å². The van der Waals surface area contributed by atoms with Crippen molar-refractivity contribution >= 4 is 16.6 Å². The predicted molar refractivity (Wildman–Crippen MR) is 86.2 cm³/mol. The summed E-state index contributed by atoms with van der Waals surface area (Å²) in [4.78, 5) is 6.78. The van der Waals surface area contributed by atoms with Crippen molar-refractivity contribution in [3.63, 3.8) is 0 Å². The van der Waals surface area contributed by atoms with Crippen LogP contribution in [0.25, 0.3) is 10.9 Å². The number of nitrogens with zero attached hydrogens (tertiary/aromatic N) is 3. The van der Waals surface area contributed by atoms with E-state index in [0.717, 1.165) is 29.7 Å². The molecular formula is C18H21N3. The van der Waals surface area contributed by atoms with E-state index in [1.807, 2.05) is 18.2 Å². The summed E-state index contributed by atoms with van der Waals surface area (Å²) in [5, 5.41) is 10.5. The van der Waals surface area contributed by atoms with Gasteiger partial charge >= 0.3 is 0 Å². The molecule has 21 heavy (non-hydrogen) atoms. The van der Waals surface area contributed by atoms with Crippen LogP contribution in [-0.4, -0.2) is 18.1 Å². The molecule has 1 aliphatic rings. The van der Waals surface area contributed by atoms with E-state index in [9.17, 15) is 5.26 Å². The molecule has 0 N–H and O–H groups in total. The van der Waals surface area contributed by atoms with E-state index in [1.54, 1.807) is 6.20 Å². The highest BCUT2D eigenvalue weighted by atomic mass is 15.2. The molecule has 3 heteroatoms. The highest BCUT2D eigenvalue weighted by Crippen LogP contribution is 2.38. The van der Waals surface area contributed by atoms with E-state index >= 15 is 0 Å². The van der Waals surface area contributed by atoms with Gasteiger partial charge in [0.1, 0.15) is 6.07 Å². The first kappa shape index (κ1) is 13.9. The fourth-order valence-electron chi connectivity index (χ4n) is 3.22. The Bertz CT molecular complexity index is 706. The largest absolute Gasteiger partial charge is 0.370 e. The van der Waals surface area contributed by atoms with Crippen molar-refractivity contribution in [3.05, 3.63) is 36.0 Å². The van der Waals surface area contributed by atoms with Crippen molar-refractivity contribution in [2.24, 2.45) is 11.3 Å². The molecule has 1 aromatic carbocycles. The van der Waals surface area contributed by atoms with Gasteiger partial charge in [0.15, 0.2) is 0 Å². The fourth-order valence-corrected chi connectivity index (χ4v) is 3.22. The maximum absolute atomic E-state index is 9.45. The van der Waals surface area contributed by atoms with Crippen molar-refractivity contribution in [2.45, 2.75) is 27.2 Å². The van der Waals surface area contributed by atoms with Crippen molar-refractivity contribution in [3.8, 4) is 6.07 Å². The van der Waals surface area contributed by atoms with Crippen LogP contribution in [0.4, 0.5) is 5.69 Å². The second-order valence-corrected chi connectivity index (χ2v) is 6.95. The minimum atomic E-state index is 0.310. The molecule has 2 heterocycles. The number of nitriles is 1. The Hall–Kier alpha value is -2.08. The second-order valence-electron chi connectivity index (χ2n) is 6.95. The first-order valence-corrected chi connectivity index (χ1v) is 7.53. The van der Waals surface area contributed by atoms with E-state index in [0.29, 0.717) is 16.9 Å². The van der Waals surface area contributed by atoms with Gasteiger partial charge in [-0.05, 0) is 23.8 Å². The van der Waals surface area contributed by atoms with Gasteiger partial charge in [0.2, 0.25) is 0 Å². The Labute approximate surface area is 126 Å². The number of para-hydroxylation sites is 1. The highest BCUT2D eigenvalue weighted by Gasteiger charge is 2.33. The summed E-state index contributed by atoms with van der Waals surface area (Å²) in [6, 6.07) is 10.4. The van der Waals surface area contributed by atoms with Crippen LogP contribution >= 0.6 is 0 Å². The van der Waals surface area contributed by atoms with E-state index in [2.05, 4.69) is 42.8 Å². The predicted octanol–water partition coefficient (Wildman–Crippen LogP) is 3.98. The third kappa shape index (κ3) is 2.47. The third-order valence-corrected chi connectivity index (χ3v) is 4.60. The highest BCUT2D eigenvalue weighted by molar-refractivity contribution is 5.94. The lowest BCUT2D eigenvalue weighted by molar-refractivity contribution is 0.263. The van der Waals surface area contributed by atoms with E-state index < -0.39 is 0 Å². The quantitative estimate of drug-likeness (QED) is 0.792. The molecule has 1 aliphatic heterocycles. The number of aromatic nitrogens is 1. The molecule has 0 bridgehead atoms. The number of fused-ring (bicyclic) bond motifs is 1. The normalized spacial score (nSPS) is 19.0. The monoisotopic (exact) mass is 279 g/mol. The van der Waals surface area contributed by atoms with E-state index in [-0.39, 0.29) is 0 Å². The Kier molecular flexibility index (Phi) is 3.33. The first-order valence-electron chi connectivity index (χ1n) is 7.53. The summed E-state index contributed by atoms with van der Waals surface area (Å²) in [6.45, 7) is 8.95. The van der Waals surface area contributed by atoms with Crippen LogP contribution in [0, 0.1) is 22.7 Å². The van der Waals surface area contributed by atoms with Crippen molar-refractivity contribution in [1.82, 2.24) is 4.98 Å². The molecule has 1 unspecified atom stereocenters. The smallest absolute Gasteiger partial charge is 0.103 e. The van der Waals surface area contributed by atoms with Crippen molar-refractivity contribution in [1.29, 1.82) is 5.26 Å². The third-order valence-electron chi connectivity index (χ3n) is 4.60. The number of anilines is 1. The summed E-state index contributed by atoms with van der Waals surface area (Å²) in [6.07, 6.45) is 2.90. The van der Waals surface area contributed by atoms with Crippen LogP contribution in [0.2, 0.25) is 0 Å². The number of benzene rings is 1. The molecule has 1 atom stereocenters. The van der Waals surface area contributed by atoms with Gasteiger partial charge in [-0.25, -0.2) is 0 Å². The number of pyridine rings is 1. The van der Waals surface area contributed by atoms with Gasteiger partial charge < -0.3 is 4.90 Å². The molecule has 1 saturated heterocycles. The molecule has 2 aromatic rings. The molecule has 0 aliphatic carbocycles. The molecule has 0 spiro atoms. The average molecular weight is 279 g/mol. The van der Waals surface area contributed by atoms with Crippen LogP contribution in [-0.2, 0) is 0 Å². The molecule has 0 amide bonds. The van der Waals surface area contributed by atoms with E-state index in [1.165, 1.54) is 6.42 Å². The van der Waals surface area contributed by atoms with Gasteiger partial charge in [0, 0.05) is 24.7 Å². The summed E-state index contributed by atoms with van der Waals surface area (Å²) in [5.74, 6) is 0.663. The summed E-state index contributed by atoms with van der Waals surface area (Å²) in [5.41, 5.74) is 3.02. The second kappa shape index (κ2) is 5.04. The maximum atomic E-state index is 9.45. The van der Waals surface area contributed by atoms with Crippen molar-refractivity contribution in [2.75, 3.05) is 18.0 Å². The van der Waals surface area contributed by atoms with Crippen molar-refractivity contribution < 1.29 is 0 Å². The van der Waals surface area contributed by atoms with Gasteiger partial charge in [-0.2, -0.15) is 5.26 Å². The summed E-state index contributed by atoms with van der Waals surface area (Å²) < 4.78 is 0. The first-order chi connectivity index (χ1) is 10.0. The Morgan fingerprint density at radius 2 is 2.05 bits per heavy atom. The van der Waals surface area contributed by atoms with Gasteiger partial charge in [-0.15, -0.1) is 0 Å². The van der Waals surface area contributed by atoms with Crippen LogP contribution in [0.5, 0.6) is 0 Å². The average Bonchev–Trinajstić information content (AvgIpc) is 2.95. The zero-order valence-electron chi connectivity index (χ0n) is 12.9. The number of rotatable bonds is 1. The topological polar surface area (TPSA) is 39.9 Å². The van der Waals surface area contributed by atoms with E-state index in [4.69, 9.17) is 0 Å². The Morgan fingerprint density at radius 3 is 2.71 bits per heavy atom. The van der Waals surface area contributed by atoms with Crippen LogP contribution in [0.15, 0.2) is 30.5 Å². The minimum absolute atomic E-state index is 0.310. The zero-order chi connectivity index (χ0) is 15.0. The van der Waals surface area contributed by atoms with Crippen LogP contribution in [0.1, 0.15) is 32.8 Å². The molecule has 1 aromatic heterocycles. The Balaban J connectivity index is 2.06. The minimum Gasteiger partial charge on any atom is -0.370 e. The molecule has 0 saturated carbocycles. The molecule has 0 radical (unpaired) electrons. The standard InChI is InChI=1S/C18H21N3/c1-18(2,3)14-8-9-21(12-14)17-13(10-19)11-20-16-7-5-4-6-15(16)17/h4-7,11,14H,8-9,12H2,1-3H3. The lowest BCUT2D eigenvalue weighted by Gasteiger charge is -2.28. The lowest BCUT2D eigenvalue weighted by Crippen LogP contribution is -2.26. The molecule has 1 fully saturated rings. The molecular weight excluding hydrogens is 258 g/mol. The fraction of sp³-hybridized carbons (Fsp3) is 0.444. The summed E-state index contributed by atoms with van der Waals surface area (Å²) in [7, 11) is 0. The number of hydrogen-bond donors (Lipinski definition) is 0. The maximum Gasteiger partial charge on any atom is 0.103 e. The van der Waals surface area contributed by atoms with Gasteiger partial charge in [0.05, 0.1) is 16.8 Å². The van der Waals surface area contributed by atoms with Gasteiger partial charge in [-0.3, -0.25) is 4.98 Å². The molecule has 3 nitrogen and oxygen atoms in total. The summed E-state index contributed by atoms with van der Waals surface area (Å²) >= 11 is 0. The Morgan fingerprint density at radius 1 is 1.29 bits per heavy atom. The lowest BCUT2D eigenvalue weighted by atomic mass is 9.80. The number of hydrogen-bond acceptors (Lipinski definition) is 3. The van der Waals surface area contributed by atoms with Crippen LogP contribution < -0.4 is 4.90 Å². The molecule has 3 rings (SSSR count). The SMILES string of the molecule is CC(C)(C)C1CCN(c2c(C#N)cnc3ccccc23)C1.